The lowest BCUT2D eigenvalue weighted by Gasteiger charge is -2.34. The molecule has 4 heterocycles. The molecule has 2 aromatic heterocycles. The van der Waals surface area contributed by atoms with Crippen molar-refractivity contribution in [2.75, 3.05) is 19.6 Å². The molecule has 0 N–H and O–H groups in total. The number of hydrogen-bond acceptors (Lipinski definition) is 4. The van der Waals surface area contributed by atoms with E-state index in [1.807, 2.05) is 56.0 Å². The fourth-order valence-electron chi connectivity index (χ4n) is 4.75. The number of carbonyl (C=O) groups excluding carboxylic acids is 2. The van der Waals surface area contributed by atoms with E-state index < -0.39 is 0 Å². The number of carbonyl (C=O) groups is 2. The molecule has 7 nitrogen and oxygen atoms in total. The summed E-state index contributed by atoms with van der Waals surface area (Å²) >= 11 is 0. The van der Waals surface area contributed by atoms with Gasteiger partial charge < -0.3 is 14.4 Å². The monoisotopic (exact) mass is 467 g/mol. The maximum Gasteiger partial charge on any atom is 0.225 e. The Labute approximate surface area is 204 Å². The van der Waals surface area contributed by atoms with Gasteiger partial charge >= 0.3 is 0 Å². The van der Waals surface area contributed by atoms with Gasteiger partial charge in [0, 0.05) is 62.2 Å². The number of rotatable bonds is 4. The van der Waals surface area contributed by atoms with Crippen LogP contribution in [0.25, 0.3) is 0 Å². The Bertz CT molecular complexity index is 951. The van der Waals surface area contributed by atoms with Crippen LogP contribution in [-0.4, -0.2) is 55.8 Å². The Morgan fingerprint density at radius 1 is 0.941 bits per heavy atom. The highest BCUT2D eigenvalue weighted by Gasteiger charge is 2.26. The predicted molar refractivity (Wildman–Crippen MR) is 134 cm³/mol. The molecule has 2 aliphatic heterocycles. The molecule has 4 rings (SSSR count). The normalized spacial score (nSPS) is 18.1. The predicted octanol–water partition coefficient (Wildman–Crippen LogP) is 4.45. The number of likely N-dealkylation sites (tertiary alicyclic amines) is 1. The van der Waals surface area contributed by atoms with Crippen molar-refractivity contribution < 1.29 is 9.59 Å². The van der Waals surface area contributed by atoms with Crippen LogP contribution < -0.4 is 0 Å². The zero-order valence-electron chi connectivity index (χ0n) is 21.7. The van der Waals surface area contributed by atoms with Crippen molar-refractivity contribution >= 4 is 11.8 Å². The molecule has 0 aliphatic carbocycles. The number of amides is 2. The van der Waals surface area contributed by atoms with Gasteiger partial charge in [0.2, 0.25) is 11.8 Å². The molecular formula is C27H41N5O2. The van der Waals surface area contributed by atoms with Crippen LogP contribution in [0.3, 0.4) is 0 Å². The zero-order valence-corrected chi connectivity index (χ0v) is 21.7. The van der Waals surface area contributed by atoms with Gasteiger partial charge in [-0.3, -0.25) is 14.6 Å². The number of aromatic nitrogens is 3. The van der Waals surface area contributed by atoms with E-state index in [9.17, 15) is 9.59 Å². The van der Waals surface area contributed by atoms with Crippen molar-refractivity contribution in [2.45, 2.75) is 79.3 Å². The van der Waals surface area contributed by atoms with Crippen LogP contribution in [0.2, 0.25) is 0 Å². The molecule has 1 unspecified atom stereocenters. The standard InChI is InChI=1S/C14H20N2O.C13H21N3O/c1-11(2)14(17)16-8-4-6-13(10-16)12-5-3-7-15-9-12;1-9(2)12-14-7-11-8-15(5-6-16(11)12)13(17)10(3)4/h3,5,7,9,11,13H,4,6,8,10H2,1-2H3;7,9-10H,5-6,8H2,1-4H3. The van der Waals surface area contributed by atoms with Crippen LogP contribution >= 0.6 is 0 Å². The van der Waals surface area contributed by atoms with Crippen molar-refractivity contribution in [1.82, 2.24) is 24.3 Å². The summed E-state index contributed by atoms with van der Waals surface area (Å²) in [4.78, 5) is 36.5. The van der Waals surface area contributed by atoms with E-state index in [2.05, 4.69) is 34.4 Å². The van der Waals surface area contributed by atoms with Crippen LogP contribution in [0, 0.1) is 11.8 Å². The van der Waals surface area contributed by atoms with Gasteiger partial charge in [-0.05, 0) is 24.5 Å². The second-order valence-corrected chi connectivity index (χ2v) is 10.4. The number of fused-ring (bicyclic) bond motifs is 1. The SMILES string of the molecule is CC(C)C(=O)N1CCCC(c2cccnc2)C1.CC(C)C(=O)N1CCn2c(cnc2C(C)C)C1. The summed E-state index contributed by atoms with van der Waals surface area (Å²) in [6.45, 7) is 16.3. The second-order valence-electron chi connectivity index (χ2n) is 10.4. The Balaban J connectivity index is 0.000000191. The molecule has 0 spiro atoms. The van der Waals surface area contributed by atoms with Gasteiger partial charge in [-0.1, -0.05) is 47.6 Å². The lowest BCUT2D eigenvalue weighted by molar-refractivity contribution is -0.136. The van der Waals surface area contributed by atoms with Gasteiger partial charge in [-0.25, -0.2) is 4.98 Å². The van der Waals surface area contributed by atoms with Gasteiger partial charge in [-0.15, -0.1) is 0 Å². The third-order valence-corrected chi connectivity index (χ3v) is 6.62. The largest absolute Gasteiger partial charge is 0.342 e. The van der Waals surface area contributed by atoms with Gasteiger partial charge in [0.1, 0.15) is 5.82 Å². The fourth-order valence-corrected chi connectivity index (χ4v) is 4.75. The average Bonchev–Trinajstić information content (AvgIpc) is 3.27. The number of piperidine rings is 1. The summed E-state index contributed by atoms with van der Waals surface area (Å²) in [5, 5.41) is 0. The number of nitrogens with zero attached hydrogens (tertiary/aromatic N) is 5. The van der Waals surface area contributed by atoms with Crippen LogP contribution in [-0.2, 0) is 22.7 Å². The minimum Gasteiger partial charge on any atom is -0.342 e. The van der Waals surface area contributed by atoms with Gasteiger partial charge in [0.25, 0.3) is 0 Å². The van der Waals surface area contributed by atoms with Gasteiger partial charge in [0.05, 0.1) is 18.4 Å². The van der Waals surface area contributed by atoms with Gasteiger partial charge in [-0.2, -0.15) is 0 Å². The Morgan fingerprint density at radius 3 is 2.26 bits per heavy atom. The quantitative estimate of drug-likeness (QED) is 0.666. The minimum atomic E-state index is 0.0778. The van der Waals surface area contributed by atoms with E-state index in [1.165, 1.54) is 5.56 Å². The first-order chi connectivity index (χ1) is 16.2. The van der Waals surface area contributed by atoms with E-state index in [0.29, 0.717) is 18.4 Å². The number of hydrogen-bond donors (Lipinski definition) is 0. The molecule has 2 amide bonds. The number of pyridine rings is 1. The fraction of sp³-hybridized carbons (Fsp3) is 0.630. The topological polar surface area (TPSA) is 71.3 Å². The number of imidazole rings is 1. The lowest BCUT2D eigenvalue weighted by atomic mass is 9.91. The minimum absolute atomic E-state index is 0.0778. The molecule has 1 saturated heterocycles. The summed E-state index contributed by atoms with van der Waals surface area (Å²) in [6, 6.07) is 4.08. The average molecular weight is 468 g/mol. The molecule has 0 aromatic carbocycles. The van der Waals surface area contributed by atoms with Crippen molar-refractivity contribution in [2.24, 2.45) is 11.8 Å². The Morgan fingerprint density at radius 2 is 1.65 bits per heavy atom. The van der Waals surface area contributed by atoms with Crippen LogP contribution in [0.15, 0.2) is 30.7 Å². The van der Waals surface area contributed by atoms with E-state index in [4.69, 9.17) is 0 Å². The van der Waals surface area contributed by atoms with E-state index in [0.717, 1.165) is 50.5 Å². The summed E-state index contributed by atoms with van der Waals surface area (Å²) < 4.78 is 2.26. The Hall–Kier alpha value is -2.70. The molecule has 34 heavy (non-hydrogen) atoms. The molecule has 0 saturated carbocycles. The zero-order chi connectivity index (χ0) is 24.8. The first-order valence-electron chi connectivity index (χ1n) is 12.7. The third kappa shape index (κ3) is 6.24. The van der Waals surface area contributed by atoms with Crippen LogP contribution in [0.4, 0.5) is 0 Å². The summed E-state index contributed by atoms with van der Waals surface area (Å²) in [5.74, 6) is 2.73. The maximum absolute atomic E-state index is 12.0. The lowest BCUT2D eigenvalue weighted by Crippen LogP contribution is -2.41. The van der Waals surface area contributed by atoms with Crippen LogP contribution in [0.5, 0.6) is 0 Å². The highest BCUT2D eigenvalue weighted by Crippen LogP contribution is 2.27. The first-order valence-corrected chi connectivity index (χ1v) is 12.7. The highest BCUT2D eigenvalue weighted by molar-refractivity contribution is 5.78. The molecule has 0 radical (unpaired) electrons. The summed E-state index contributed by atoms with van der Waals surface area (Å²) in [5.41, 5.74) is 2.42. The van der Waals surface area contributed by atoms with Crippen molar-refractivity contribution in [1.29, 1.82) is 0 Å². The molecule has 1 atom stereocenters. The molecule has 0 bridgehead atoms. The summed E-state index contributed by atoms with van der Waals surface area (Å²) in [7, 11) is 0. The second kappa shape index (κ2) is 11.6. The van der Waals surface area contributed by atoms with Crippen LogP contribution in [0.1, 0.15) is 83.3 Å². The van der Waals surface area contributed by atoms with E-state index >= 15 is 0 Å². The maximum atomic E-state index is 12.0. The highest BCUT2D eigenvalue weighted by atomic mass is 16.2. The third-order valence-electron chi connectivity index (χ3n) is 6.62. The summed E-state index contributed by atoms with van der Waals surface area (Å²) in [6.07, 6.45) is 7.89. The van der Waals surface area contributed by atoms with E-state index in [1.54, 1.807) is 6.20 Å². The van der Waals surface area contributed by atoms with Crippen molar-refractivity contribution in [3.63, 3.8) is 0 Å². The van der Waals surface area contributed by atoms with E-state index in [-0.39, 0.29) is 23.7 Å². The molecule has 7 heteroatoms. The molecule has 2 aliphatic rings. The molecule has 2 aromatic rings. The van der Waals surface area contributed by atoms with Crippen molar-refractivity contribution in [3.05, 3.63) is 47.8 Å². The smallest absolute Gasteiger partial charge is 0.225 e. The molecule has 1 fully saturated rings. The Kier molecular flexibility index (Phi) is 8.86. The van der Waals surface area contributed by atoms with Crippen molar-refractivity contribution in [3.8, 4) is 0 Å². The molecule has 186 valence electrons. The molecular weight excluding hydrogens is 426 g/mol. The van der Waals surface area contributed by atoms with Gasteiger partial charge in [0.15, 0.2) is 0 Å². The first kappa shape index (κ1) is 25.9.